The second-order valence-corrected chi connectivity index (χ2v) is 9.90. The van der Waals surface area contributed by atoms with Crippen molar-refractivity contribution in [3.8, 4) is 6.07 Å². The van der Waals surface area contributed by atoms with Crippen molar-refractivity contribution in [3.63, 3.8) is 0 Å². The van der Waals surface area contributed by atoms with E-state index in [0.29, 0.717) is 31.8 Å². The van der Waals surface area contributed by atoms with Crippen LogP contribution in [-0.2, 0) is 22.4 Å². The highest BCUT2D eigenvalue weighted by atomic mass is 19.1. The number of hydrogen-bond acceptors (Lipinski definition) is 8. The first kappa shape index (κ1) is 22.9. The van der Waals surface area contributed by atoms with Gasteiger partial charge in [0.05, 0.1) is 30.0 Å². The highest BCUT2D eigenvalue weighted by Crippen LogP contribution is 2.34. The van der Waals surface area contributed by atoms with Crippen molar-refractivity contribution in [1.82, 2.24) is 20.9 Å². The number of amides is 1. The fourth-order valence-corrected chi connectivity index (χ4v) is 5.87. The van der Waals surface area contributed by atoms with Crippen molar-refractivity contribution in [1.29, 1.82) is 5.26 Å². The summed E-state index contributed by atoms with van der Waals surface area (Å²) in [7, 11) is 0. The predicted molar refractivity (Wildman–Crippen MR) is 131 cm³/mol. The molecule has 2 aromatic rings. The Balaban J connectivity index is 1.08. The van der Waals surface area contributed by atoms with Crippen LogP contribution in [0.3, 0.4) is 0 Å². The second kappa shape index (κ2) is 9.17. The van der Waals surface area contributed by atoms with Crippen molar-refractivity contribution in [2.75, 3.05) is 37.8 Å². The summed E-state index contributed by atoms with van der Waals surface area (Å²) in [6, 6.07) is 11.4. The number of nitriles is 1. The third-order valence-corrected chi connectivity index (χ3v) is 7.88. The van der Waals surface area contributed by atoms with Gasteiger partial charge < -0.3 is 9.64 Å². The first-order valence-electron chi connectivity index (χ1n) is 12.3. The Morgan fingerprint density at radius 1 is 1.19 bits per heavy atom. The van der Waals surface area contributed by atoms with Gasteiger partial charge >= 0.3 is 0 Å². The lowest BCUT2D eigenvalue weighted by Crippen LogP contribution is -2.60. The van der Waals surface area contributed by atoms with Gasteiger partial charge in [0.15, 0.2) is 0 Å². The summed E-state index contributed by atoms with van der Waals surface area (Å²) in [5.74, 6) is -0.322. The van der Waals surface area contributed by atoms with Gasteiger partial charge in [-0.1, -0.05) is 12.1 Å². The van der Waals surface area contributed by atoms with Crippen LogP contribution in [0.4, 0.5) is 10.1 Å². The molecule has 6 rings (SSSR count). The van der Waals surface area contributed by atoms with E-state index >= 15 is 0 Å². The monoisotopic (exact) mass is 489 g/mol. The maximum atomic E-state index is 14.0. The van der Waals surface area contributed by atoms with E-state index in [-0.39, 0.29) is 29.5 Å². The minimum Gasteiger partial charge on any atom is -0.370 e. The fourth-order valence-electron chi connectivity index (χ4n) is 5.87. The third-order valence-electron chi connectivity index (χ3n) is 7.88. The average molecular weight is 490 g/mol. The van der Waals surface area contributed by atoms with Gasteiger partial charge in [-0.05, 0) is 60.2 Å². The van der Waals surface area contributed by atoms with Gasteiger partial charge in [-0.25, -0.2) is 14.9 Å². The third kappa shape index (κ3) is 3.99. The van der Waals surface area contributed by atoms with Gasteiger partial charge in [0, 0.05) is 32.1 Å². The van der Waals surface area contributed by atoms with E-state index < -0.39 is 5.82 Å². The first-order chi connectivity index (χ1) is 17.5. The van der Waals surface area contributed by atoms with E-state index in [1.165, 1.54) is 17.2 Å². The molecule has 186 valence electrons. The average Bonchev–Trinajstić information content (AvgIpc) is 3.58. The quantitative estimate of drug-likeness (QED) is 0.679. The zero-order valence-corrected chi connectivity index (χ0v) is 20.1. The molecule has 2 saturated heterocycles. The van der Waals surface area contributed by atoms with Gasteiger partial charge in [-0.15, -0.1) is 5.53 Å². The summed E-state index contributed by atoms with van der Waals surface area (Å²) < 4.78 is 20.1. The number of halogens is 1. The van der Waals surface area contributed by atoms with Gasteiger partial charge in [-0.2, -0.15) is 10.4 Å². The number of hydrazone groups is 1. The number of anilines is 1. The maximum Gasteiger partial charge on any atom is 0.226 e. The van der Waals surface area contributed by atoms with Gasteiger partial charge in [0.1, 0.15) is 18.2 Å². The van der Waals surface area contributed by atoms with Crippen LogP contribution in [0.1, 0.15) is 33.9 Å². The Morgan fingerprint density at radius 3 is 2.86 bits per heavy atom. The molecule has 4 aliphatic rings. The highest BCUT2D eigenvalue weighted by molar-refractivity contribution is 5.82. The molecule has 1 unspecified atom stereocenters. The number of fused-ring (bicyclic) bond motifs is 2. The molecule has 0 radical (unpaired) electrons. The molecule has 36 heavy (non-hydrogen) atoms. The van der Waals surface area contributed by atoms with E-state index in [1.54, 1.807) is 24.3 Å². The van der Waals surface area contributed by atoms with Gasteiger partial charge in [0.2, 0.25) is 5.91 Å². The Hall–Kier alpha value is -3.52. The molecular weight excluding hydrogens is 461 g/mol. The van der Waals surface area contributed by atoms with E-state index in [4.69, 9.17) is 4.74 Å². The predicted octanol–water partition coefficient (Wildman–Crippen LogP) is 1.78. The summed E-state index contributed by atoms with van der Waals surface area (Å²) in [5, 5.41) is 15.1. The highest BCUT2D eigenvalue weighted by Gasteiger charge is 2.39. The maximum absolute atomic E-state index is 14.0. The lowest BCUT2D eigenvalue weighted by Gasteiger charge is -2.46. The SMILES string of the molecule is Cc1c([C@H]2CN3CCN(C(=O)C4Cc5ccc(N6C=NNN6)cc5C4)C[C@H]3CO2)ccc(F)c1C#N. The largest absolute Gasteiger partial charge is 0.370 e. The van der Waals surface area contributed by atoms with Crippen molar-refractivity contribution >= 4 is 17.9 Å². The number of carbonyl (C=O) groups is 1. The molecule has 2 fully saturated rings. The molecule has 2 N–H and O–H groups in total. The molecule has 3 aliphatic heterocycles. The molecule has 9 nitrogen and oxygen atoms in total. The Labute approximate surface area is 209 Å². The smallest absolute Gasteiger partial charge is 0.226 e. The fraction of sp³-hybridized carbons (Fsp3) is 0.423. The minimum atomic E-state index is -0.497. The van der Waals surface area contributed by atoms with Crippen LogP contribution in [0.5, 0.6) is 0 Å². The van der Waals surface area contributed by atoms with Crippen LogP contribution in [-0.4, -0.2) is 60.9 Å². The van der Waals surface area contributed by atoms with Crippen LogP contribution in [0.25, 0.3) is 0 Å². The number of hydrazine groups is 2. The molecule has 0 bridgehead atoms. The Morgan fingerprint density at radius 2 is 2.06 bits per heavy atom. The number of hydrogen-bond donors (Lipinski definition) is 2. The molecular formula is C26H28FN7O2. The number of morpholine rings is 1. The summed E-state index contributed by atoms with van der Waals surface area (Å²) in [4.78, 5) is 17.8. The van der Waals surface area contributed by atoms with Gasteiger partial charge in [0.25, 0.3) is 0 Å². The number of piperazine rings is 1. The van der Waals surface area contributed by atoms with Crippen molar-refractivity contribution in [2.45, 2.75) is 31.9 Å². The lowest BCUT2D eigenvalue weighted by atomic mass is 9.96. The molecule has 0 spiro atoms. The molecule has 3 heterocycles. The van der Waals surface area contributed by atoms with Crippen molar-refractivity contribution in [3.05, 3.63) is 64.0 Å². The van der Waals surface area contributed by atoms with E-state index in [2.05, 4.69) is 33.2 Å². The first-order valence-corrected chi connectivity index (χ1v) is 12.3. The van der Waals surface area contributed by atoms with Gasteiger partial charge in [-0.3, -0.25) is 9.69 Å². The molecule has 3 atom stereocenters. The zero-order chi connectivity index (χ0) is 24.8. The van der Waals surface area contributed by atoms with Crippen LogP contribution in [0.15, 0.2) is 35.4 Å². The summed E-state index contributed by atoms with van der Waals surface area (Å²) >= 11 is 0. The van der Waals surface area contributed by atoms with E-state index in [0.717, 1.165) is 30.6 Å². The van der Waals surface area contributed by atoms with Crippen molar-refractivity contribution < 1.29 is 13.9 Å². The van der Waals surface area contributed by atoms with Crippen molar-refractivity contribution in [2.24, 2.45) is 11.0 Å². The van der Waals surface area contributed by atoms with Crippen LogP contribution in [0, 0.1) is 30.0 Å². The Bertz CT molecular complexity index is 1280. The van der Waals surface area contributed by atoms with Crippen LogP contribution < -0.4 is 16.1 Å². The number of carbonyl (C=O) groups excluding carboxylic acids is 1. The number of rotatable bonds is 3. The normalized spacial score (nSPS) is 25.3. The standard InChI is InChI=1S/C26H28FN7O2/c1-16-22(4-5-24(27)23(16)11-28)25-13-32-6-7-33(12-21(32)14-36-25)26(35)19-8-17-2-3-20(10-18(17)9-19)34-15-29-30-31-34/h2-5,10,15,19,21,25,30-31H,6-9,12-14H2,1H3/t19?,21-,25+/m0/s1. The topological polar surface area (TPSA) is 96.2 Å². The molecule has 1 aliphatic carbocycles. The van der Waals surface area contributed by atoms with Crippen LogP contribution >= 0.6 is 0 Å². The zero-order valence-electron chi connectivity index (χ0n) is 20.1. The second-order valence-electron chi connectivity index (χ2n) is 9.90. The molecule has 2 aromatic carbocycles. The summed E-state index contributed by atoms with van der Waals surface area (Å²) in [5.41, 5.74) is 10.6. The number of benzene rings is 2. The Kier molecular flexibility index (Phi) is 5.84. The summed E-state index contributed by atoms with van der Waals surface area (Å²) in [6.45, 7) is 5.06. The number of ether oxygens (including phenoxy) is 1. The lowest BCUT2D eigenvalue weighted by molar-refractivity contribution is -0.143. The van der Waals surface area contributed by atoms with E-state index in [1.807, 2.05) is 17.0 Å². The molecule has 10 heteroatoms. The van der Waals surface area contributed by atoms with E-state index in [9.17, 15) is 14.4 Å². The minimum absolute atomic E-state index is 0.0383. The molecule has 1 amide bonds. The molecule has 0 aromatic heterocycles. The number of nitrogens with one attached hydrogen (secondary N) is 2. The summed E-state index contributed by atoms with van der Waals surface area (Å²) in [6.07, 6.45) is 2.98. The molecule has 0 saturated carbocycles. The van der Waals surface area contributed by atoms with Crippen LogP contribution in [0.2, 0.25) is 0 Å². The number of nitrogens with zero attached hydrogens (tertiary/aromatic N) is 5.